The summed E-state index contributed by atoms with van der Waals surface area (Å²) in [4.78, 5) is 3.29. The first-order chi connectivity index (χ1) is 8.51. The molecule has 1 heterocycles. The molecule has 0 amide bonds. The fourth-order valence-corrected chi connectivity index (χ4v) is 3.08. The maximum Gasteiger partial charge on any atom is 0.182 e. The molecule has 3 rings (SSSR count). The monoisotopic (exact) mass is 258 g/mol. The third-order valence-corrected chi connectivity index (χ3v) is 4.67. The number of hydrogen-bond acceptors (Lipinski definition) is 1. The van der Waals surface area contributed by atoms with Gasteiger partial charge in [0.15, 0.2) is 4.77 Å². The van der Waals surface area contributed by atoms with Crippen LogP contribution in [0, 0.1) is 16.1 Å². The molecule has 1 aliphatic carbocycles. The number of hydrogen-bond donors (Lipinski definition) is 1. The van der Waals surface area contributed by atoms with Crippen LogP contribution in [0.4, 0.5) is 0 Å². The van der Waals surface area contributed by atoms with Gasteiger partial charge in [-0.25, -0.2) is 0 Å². The van der Waals surface area contributed by atoms with Gasteiger partial charge in [0.05, 0.1) is 11.0 Å². The summed E-state index contributed by atoms with van der Waals surface area (Å²) in [6, 6.07) is 8.30. The van der Waals surface area contributed by atoms with E-state index in [2.05, 4.69) is 54.6 Å². The third kappa shape index (κ3) is 1.50. The molecule has 1 aliphatic rings. The zero-order chi connectivity index (χ0) is 12.9. The first kappa shape index (κ1) is 11.7. The van der Waals surface area contributed by atoms with E-state index < -0.39 is 0 Å². The normalized spacial score (nSPS) is 22.4. The van der Waals surface area contributed by atoms with Crippen molar-refractivity contribution in [1.29, 1.82) is 0 Å². The second-order valence-corrected chi connectivity index (χ2v) is 6.12. The lowest BCUT2D eigenvalue weighted by molar-refractivity contribution is 0.338. The number of nitrogens with zero attached hydrogens (tertiary/aromatic N) is 1. The van der Waals surface area contributed by atoms with Crippen LogP contribution in [0.5, 0.6) is 0 Å². The van der Waals surface area contributed by atoms with E-state index in [1.807, 2.05) is 6.07 Å². The lowest BCUT2D eigenvalue weighted by Crippen LogP contribution is -2.21. The van der Waals surface area contributed by atoms with Gasteiger partial charge in [0.2, 0.25) is 0 Å². The van der Waals surface area contributed by atoms with Gasteiger partial charge in [-0.3, -0.25) is 4.57 Å². The van der Waals surface area contributed by atoms with Gasteiger partial charge in [0, 0.05) is 11.1 Å². The van der Waals surface area contributed by atoms with Gasteiger partial charge in [-0.05, 0) is 36.7 Å². The molecule has 0 bridgehead atoms. The zero-order valence-electron chi connectivity index (χ0n) is 11.0. The number of benzene rings is 1. The van der Waals surface area contributed by atoms with E-state index in [1.54, 1.807) is 0 Å². The van der Waals surface area contributed by atoms with Gasteiger partial charge in [-0.2, -0.15) is 0 Å². The molecule has 0 fully saturated rings. The van der Waals surface area contributed by atoms with Crippen LogP contribution in [0.25, 0.3) is 16.7 Å². The van der Waals surface area contributed by atoms with Gasteiger partial charge < -0.3 is 4.98 Å². The zero-order valence-corrected chi connectivity index (χ0v) is 11.8. The summed E-state index contributed by atoms with van der Waals surface area (Å²) >= 11 is 5.50. The average molecular weight is 258 g/mol. The molecule has 1 unspecified atom stereocenters. The molecule has 1 atom stereocenters. The standard InChI is InChI=1S/C15H18N2S/c1-10-8-9-13(15(10,2)3)17-12-7-5-4-6-11(12)16-14(17)18/h4-7,9-10H,8H2,1-3H3,(H,16,18). The van der Waals surface area contributed by atoms with Crippen LogP contribution in [0.15, 0.2) is 30.3 Å². The summed E-state index contributed by atoms with van der Waals surface area (Å²) in [6.07, 6.45) is 3.46. The second-order valence-electron chi connectivity index (χ2n) is 5.73. The van der Waals surface area contributed by atoms with Crippen molar-refractivity contribution in [2.45, 2.75) is 27.2 Å². The quantitative estimate of drug-likeness (QED) is 0.741. The number of aromatic amines is 1. The first-order valence-corrected chi connectivity index (χ1v) is 6.83. The number of para-hydroxylation sites is 2. The third-order valence-electron chi connectivity index (χ3n) is 4.39. The number of imidazole rings is 1. The highest BCUT2D eigenvalue weighted by atomic mass is 32.1. The lowest BCUT2D eigenvalue weighted by Gasteiger charge is -2.29. The summed E-state index contributed by atoms with van der Waals surface area (Å²) < 4.78 is 3.00. The van der Waals surface area contributed by atoms with Crippen LogP contribution in [0.2, 0.25) is 0 Å². The molecule has 1 N–H and O–H groups in total. The van der Waals surface area contributed by atoms with Crippen molar-refractivity contribution in [3.8, 4) is 0 Å². The molecule has 18 heavy (non-hydrogen) atoms. The molecule has 94 valence electrons. The number of rotatable bonds is 1. The molecule has 0 spiro atoms. The summed E-state index contributed by atoms with van der Waals surface area (Å²) in [7, 11) is 0. The Labute approximate surface area is 112 Å². The Morgan fingerprint density at radius 3 is 2.72 bits per heavy atom. The maximum atomic E-state index is 5.50. The van der Waals surface area contributed by atoms with E-state index in [0.29, 0.717) is 5.92 Å². The van der Waals surface area contributed by atoms with Crippen LogP contribution in [-0.4, -0.2) is 9.55 Å². The van der Waals surface area contributed by atoms with E-state index in [0.717, 1.165) is 16.7 Å². The SMILES string of the molecule is CC1CC=C(n2c(=S)[nH]c3ccccc32)C1(C)C. The highest BCUT2D eigenvalue weighted by molar-refractivity contribution is 7.71. The number of allylic oxidation sites excluding steroid dienone is 2. The molecule has 2 nitrogen and oxygen atoms in total. The van der Waals surface area contributed by atoms with E-state index in [1.165, 1.54) is 11.2 Å². The predicted octanol–water partition coefficient (Wildman–Crippen LogP) is 4.61. The Morgan fingerprint density at radius 1 is 1.33 bits per heavy atom. The molecule has 3 heteroatoms. The minimum absolute atomic E-state index is 0.170. The second kappa shape index (κ2) is 3.82. The minimum atomic E-state index is 0.170. The van der Waals surface area contributed by atoms with Gasteiger partial charge >= 0.3 is 0 Å². The molecule has 0 saturated heterocycles. The van der Waals surface area contributed by atoms with Crippen LogP contribution in [0.3, 0.4) is 0 Å². The topological polar surface area (TPSA) is 20.7 Å². The van der Waals surface area contributed by atoms with Crippen LogP contribution in [0.1, 0.15) is 27.2 Å². The Morgan fingerprint density at radius 2 is 2.06 bits per heavy atom. The average Bonchev–Trinajstić information content (AvgIpc) is 2.77. The largest absolute Gasteiger partial charge is 0.330 e. The molecule has 0 aliphatic heterocycles. The van der Waals surface area contributed by atoms with Gasteiger partial charge in [-0.15, -0.1) is 0 Å². The van der Waals surface area contributed by atoms with Crippen LogP contribution in [-0.2, 0) is 0 Å². The van der Waals surface area contributed by atoms with Gasteiger partial charge in [0.1, 0.15) is 0 Å². The van der Waals surface area contributed by atoms with E-state index >= 15 is 0 Å². The number of H-pyrrole nitrogens is 1. The van der Waals surface area contributed by atoms with Gasteiger partial charge in [0.25, 0.3) is 0 Å². The Balaban J connectivity index is 2.28. The fraction of sp³-hybridized carbons (Fsp3) is 0.400. The Bertz CT molecular complexity index is 688. The summed E-state index contributed by atoms with van der Waals surface area (Å²) in [5.74, 6) is 0.656. The molecule has 1 aromatic heterocycles. The number of nitrogens with one attached hydrogen (secondary N) is 1. The predicted molar refractivity (Wildman–Crippen MR) is 79.0 cm³/mol. The Kier molecular flexibility index (Phi) is 2.49. The molecular formula is C15H18N2S. The number of fused-ring (bicyclic) bond motifs is 1. The van der Waals surface area contributed by atoms with Crippen LogP contribution < -0.4 is 0 Å². The van der Waals surface area contributed by atoms with Gasteiger partial charge in [-0.1, -0.05) is 39.0 Å². The summed E-state index contributed by atoms with van der Waals surface area (Å²) in [6.45, 7) is 6.92. The van der Waals surface area contributed by atoms with E-state index in [-0.39, 0.29) is 5.41 Å². The molecule has 0 radical (unpaired) electrons. The van der Waals surface area contributed by atoms with Crippen molar-refractivity contribution in [1.82, 2.24) is 9.55 Å². The molecule has 1 aromatic carbocycles. The first-order valence-electron chi connectivity index (χ1n) is 6.42. The van der Waals surface area contributed by atoms with E-state index in [4.69, 9.17) is 12.2 Å². The summed E-state index contributed by atoms with van der Waals surface area (Å²) in [5.41, 5.74) is 3.79. The molecule has 2 aromatic rings. The smallest absolute Gasteiger partial charge is 0.182 e. The van der Waals surface area contributed by atoms with Crippen molar-refractivity contribution >= 4 is 28.9 Å². The number of aromatic nitrogens is 2. The Hall–Kier alpha value is -1.35. The van der Waals surface area contributed by atoms with Crippen LogP contribution >= 0.6 is 12.2 Å². The highest BCUT2D eigenvalue weighted by Gasteiger charge is 2.36. The lowest BCUT2D eigenvalue weighted by atomic mass is 9.81. The molecule has 0 saturated carbocycles. The molecular weight excluding hydrogens is 240 g/mol. The van der Waals surface area contributed by atoms with Crippen molar-refractivity contribution in [2.24, 2.45) is 11.3 Å². The fourth-order valence-electron chi connectivity index (χ4n) is 2.77. The van der Waals surface area contributed by atoms with Crippen molar-refractivity contribution in [3.05, 3.63) is 35.1 Å². The van der Waals surface area contributed by atoms with Crippen molar-refractivity contribution in [3.63, 3.8) is 0 Å². The maximum absolute atomic E-state index is 5.50. The van der Waals surface area contributed by atoms with Crippen molar-refractivity contribution < 1.29 is 0 Å². The van der Waals surface area contributed by atoms with Crippen molar-refractivity contribution in [2.75, 3.05) is 0 Å². The van der Waals surface area contributed by atoms with E-state index in [9.17, 15) is 0 Å². The highest BCUT2D eigenvalue weighted by Crippen LogP contribution is 2.46. The summed E-state index contributed by atoms with van der Waals surface area (Å²) in [5, 5.41) is 0. The minimum Gasteiger partial charge on any atom is -0.330 e.